The molecule has 13 heavy (non-hydrogen) atoms. The summed E-state index contributed by atoms with van der Waals surface area (Å²) in [7, 11) is 0. The van der Waals surface area contributed by atoms with E-state index >= 15 is 0 Å². The van der Waals surface area contributed by atoms with Crippen molar-refractivity contribution in [3.8, 4) is 0 Å². The van der Waals surface area contributed by atoms with E-state index in [-0.39, 0.29) is 12.4 Å². The summed E-state index contributed by atoms with van der Waals surface area (Å²) < 4.78 is 0. The minimum absolute atomic E-state index is 0. The molecule has 1 unspecified atom stereocenters. The van der Waals surface area contributed by atoms with Crippen molar-refractivity contribution >= 4 is 12.4 Å². The van der Waals surface area contributed by atoms with E-state index in [0.29, 0.717) is 0 Å². The van der Waals surface area contributed by atoms with Crippen LogP contribution in [0.15, 0.2) is 24.5 Å². The highest BCUT2D eigenvalue weighted by atomic mass is 35.5. The fraction of sp³-hybridized carbons (Fsp3) is 0.500. The van der Waals surface area contributed by atoms with Crippen molar-refractivity contribution in [1.82, 2.24) is 10.3 Å². The number of nitrogens with one attached hydrogen (secondary N) is 1. The van der Waals surface area contributed by atoms with Crippen LogP contribution >= 0.6 is 12.4 Å². The Bertz CT molecular complexity index is 232. The first kappa shape index (κ1) is 10.5. The van der Waals surface area contributed by atoms with Crippen molar-refractivity contribution in [1.29, 1.82) is 0 Å². The van der Waals surface area contributed by atoms with Crippen LogP contribution in [0.25, 0.3) is 0 Å². The fourth-order valence-electron chi connectivity index (χ4n) is 1.74. The van der Waals surface area contributed by atoms with Crippen LogP contribution in [0.5, 0.6) is 0 Å². The van der Waals surface area contributed by atoms with E-state index in [0.717, 1.165) is 5.92 Å². The van der Waals surface area contributed by atoms with Crippen LogP contribution in [0.3, 0.4) is 0 Å². The zero-order valence-corrected chi connectivity index (χ0v) is 8.39. The predicted octanol–water partition coefficient (Wildman–Crippen LogP) is 1.66. The van der Waals surface area contributed by atoms with Crippen LogP contribution in [0, 0.1) is 5.92 Å². The van der Waals surface area contributed by atoms with E-state index in [1.807, 2.05) is 12.4 Å². The summed E-state index contributed by atoms with van der Waals surface area (Å²) >= 11 is 0. The monoisotopic (exact) mass is 198 g/mol. The summed E-state index contributed by atoms with van der Waals surface area (Å²) in [4.78, 5) is 4.00. The Morgan fingerprint density at radius 3 is 2.77 bits per heavy atom. The third-order valence-electron chi connectivity index (χ3n) is 2.44. The van der Waals surface area contributed by atoms with Crippen LogP contribution in [0.2, 0.25) is 0 Å². The molecule has 1 aromatic heterocycles. The van der Waals surface area contributed by atoms with Gasteiger partial charge in [0, 0.05) is 12.4 Å². The van der Waals surface area contributed by atoms with Crippen LogP contribution in [0.1, 0.15) is 12.0 Å². The number of hydrogen-bond acceptors (Lipinski definition) is 2. The number of halogens is 1. The molecule has 1 saturated heterocycles. The molecule has 1 aliphatic rings. The molecule has 0 aliphatic carbocycles. The topological polar surface area (TPSA) is 24.9 Å². The maximum Gasteiger partial charge on any atom is 0.0270 e. The van der Waals surface area contributed by atoms with Crippen LogP contribution in [-0.2, 0) is 6.42 Å². The zero-order valence-electron chi connectivity index (χ0n) is 7.57. The minimum atomic E-state index is 0. The van der Waals surface area contributed by atoms with Crippen LogP contribution in [-0.4, -0.2) is 18.1 Å². The van der Waals surface area contributed by atoms with Gasteiger partial charge in [0.15, 0.2) is 0 Å². The maximum atomic E-state index is 4.00. The molecular weight excluding hydrogens is 184 g/mol. The third-order valence-corrected chi connectivity index (χ3v) is 2.44. The lowest BCUT2D eigenvalue weighted by atomic mass is 10.00. The second kappa shape index (κ2) is 5.20. The Morgan fingerprint density at radius 1 is 1.38 bits per heavy atom. The Hall–Kier alpha value is -0.600. The summed E-state index contributed by atoms with van der Waals surface area (Å²) in [6.07, 6.45) is 6.27. The molecule has 1 atom stereocenters. The van der Waals surface area contributed by atoms with E-state index in [4.69, 9.17) is 0 Å². The Kier molecular flexibility index (Phi) is 4.19. The van der Waals surface area contributed by atoms with Crippen molar-refractivity contribution in [2.24, 2.45) is 5.92 Å². The van der Waals surface area contributed by atoms with Crippen molar-refractivity contribution in [2.45, 2.75) is 12.8 Å². The molecule has 2 heterocycles. The normalized spacial score (nSPS) is 21.1. The van der Waals surface area contributed by atoms with E-state index in [1.165, 1.54) is 31.5 Å². The third kappa shape index (κ3) is 2.98. The molecule has 1 aliphatic heterocycles. The SMILES string of the molecule is Cl.c1cc(CC2CCNC2)ccn1. The molecule has 1 N–H and O–H groups in total. The lowest BCUT2D eigenvalue weighted by Crippen LogP contribution is -2.10. The lowest BCUT2D eigenvalue weighted by Gasteiger charge is -2.06. The fourth-order valence-corrected chi connectivity index (χ4v) is 1.74. The molecule has 0 saturated carbocycles. The highest BCUT2D eigenvalue weighted by Crippen LogP contribution is 2.13. The smallest absolute Gasteiger partial charge is 0.0270 e. The van der Waals surface area contributed by atoms with Gasteiger partial charge >= 0.3 is 0 Å². The number of hydrogen-bond donors (Lipinski definition) is 1. The summed E-state index contributed by atoms with van der Waals surface area (Å²) in [5, 5.41) is 3.38. The van der Waals surface area contributed by atoms with Gasteiger partial charge in [-0.05, 0) is 49.5 Å². The van der Waals surface area contributed by atoms with Crippen LogP contribution in [0.4, 0.5) is 0 Å². The number of rotatable bonds is 2. The van der Waals surface area contributed by atoms with Gasteiger partial charge in [0.1, 0.15) is 0 Å². The van der Waals surface area contributed by atoms with E-state index < -0.39 is 0 Å². The van der Waals surface area contributed by atoms with E-state index in [2.05, 4.69) is 22.4 Å². The second-order valence-corrected chi connectivity index (χ2v) is 3.42. The van der Waals surface area contributed by atoms with Crippen molar-refractivity contribution in [3.05, 3.63) is 30.1 Å². The van der Waals surface area contributed by atoms with Gasteiger partial charge in [0.05, 0.1) is 0 Å². The maximum absolute atomic E-state index is 4.00. The second-order valence-electron chi connectivity index (χ2n) is 3.42. The lowest BCUT2D eigenvalue weighted by molar-refractivity contribution is 0.580. The average Bonchev–Trinajstić information content (AvgIpc) is 2.59. The summed E-state index contributed by atoms with van der Waals surface area (Å²) in [5.74, 6) is 0.840. The summed E-state index contributed by atoms with van der Waals surface area (Å²) in [6, 6.07) is 4.22. The molecule has 0 aromatic carbocycles. The molecule has 1 aromatic rings. The van der Waals surface area contributed by atoms with Gasteiger partial charge in [-0.2, -0.15) is 0 Å². The summed E-state index contributed by atoms with van der Waals surface area (Å²) in [6.45, 7) is 2.37. The zero-order chi connectivity index (χ0) is 8.23. The van der Waals surface area contributed by atoms with Crippen molar-refractivity contribution in [3.63, 3.8) is 0 Å². The molecule has 72 valence electrons. The predicted molar refractivity (Wildman–Crippen MR) is 56.2 cm³/mol. The highest BCUT2D eigenvalue weighted by molar-refractivity contribution is 5.85. The van der Waals surface area contributed by atoms with E-state index in [1.54, 1.807) is 0 Å². The van der Waals surface area contributed by atoms with Gasteiger partial charge in [-0.15, -0.1) is 12.4 Å². The number of pyridine rings is 1. The molecule has 0 bridgehead atoms. The summed E-state index contributed by atoms with van der Waals surface area (Å²) in [5.41, 5.74) is 1.42. The molecule has 2 nitrogen and oxygen atoms in total. The molecule has 2 rings (SSSR count). The molecule has 0 spiro atoms. The average molecular weight is 199 g/mol. The van der Waals surface area contributed by atoms with Gasteiger partial charge in [-0.1, -0.05) is 0 Å². The standard InChI is InChI=1S/C10H14N2.ClH/c1-4-11-5-2-9(1)7-10-3-6-12-8-10;/h1-2,4-5,10,12H,3,6-8H2;1H. The van der Waals surface area contributed by atoms with Gasteiger partial charge in [0.25, 0.3) is 0 Å². The molecule has 3 heteroatoms. The van der Waals surface area contributed by atoms with Gasteiger partial charge in [0.2, 0.25) is 0 Å². The van der Waals surface area contributed by atoms with Crippen molar-refractivity contribution in [2.75, 3.05) is 13.1 Å². The number of nitrogens with zero attached hydrogens (tertiary/aromatic N) is 1. The van der Waals surface area contributed by atoms with Crippen LogP contribution < -0.4 is 5.32 Å². The molecule has 0 radical (unpaired) electrons. The quantitative estimate of drug-likeness (QED) is 0.782. The molecule has 0 amide bonds. The van der Waals surface area contributed by atoms with Gasteiger partial charge < -0.3 is 5.32 Å². The first-order valence-electron chi connectivity index (χ1n) is 4.55. The van der Waals surface area contributed by atoms with Crippen molar-refractivity contribution < 1.29 is 0 Å². The Morgan fingerprint density at radius 2 is 2.15 bits per heavy atom. The largest absolute Gasteiger partial charge is 0.316 e. The minimum Gasteiger partial charge on any atom is -0.316 e. The Labute approximate surface area is 85.2 Å². The van der Waals surface area contributed by atoms with E-state index in [9.17, 15) is 0 Å². The first-order valence-corrected chi connectivity index (χ1v) is 4.55. The van der Waals surface area contributed by atoms with Gasteiger partial charge in [-0.3, -0.25) is 4.98 Å². The molecule has 1 fully saturated rings. The Balaban J connectivity index is 0.000000845. The number of aromatic nitrogens is 1. The highest BCUT2D eigenvalue weighted by Gasteiger charge is 2.14. The molecular formula is C10H15ClN2. The first-order chi connectivity index (χ1) is 5.95. The van der Waals surface area contributed by atoms with Gasteiger partial charge in [-0.25, -0.2) is 0 Å².